The molecule has 0 aliphatic rings. The van der Waals surface area contributed by atoms with Gasteiger partial charge in [0, 0.05) is 18.7 Å². The van der Waals surface area contributed by atoms with Gasteiger partial charge < -0.3 is 15.1 Å². The number of nitrogens with one attached hydrogen (secondary N) is 2. The van der Waals surface area contributed by atoms with E-state index in [4.69, 9.17) is 4.42 Å². The van der Waals surface area contributed by atoms with E-state index in [-0.39, 0.29) is 28.8 Å². The summed E-state index contributed by atoms with van der Waals surface area (Å²) in [6, 6.07) is 8.52. The highest BCUT2D eigenvalue weighted by Crippen LogP contribution is 2.17. The molecule has 164 valence electrons. The van der Waals surface area contributed by atoms with Gasteiger partial charge in [0.25, 0.3) is 5.91 Å². The summed E-state index contributed by atoms with van der Waals surface area (Å²) < 4.78 is 32.0. The van der Waals surface area contributed by atoms with E-state index in [9.17, 15) is 18.0 Å². The second kappa shape index (κ2) is 10.4. The Labute approximate surface area is 177 Å². The Morgan fingerprint density at radius 2 is 1.80 bits per heavy atom. The van der Waals surface area contributed by atoms with Crippen molar-refractivity contribution in [3.63, 3.8) is 0 Å². The van der Waals surface area contributed by atoms with E-state index in [0.29, 0.717) is 18.8 Å². The average Bonchev–Trinajstić information content (AvgIpc) is 3.24. The van der Waals surface area contributed by atoms with E-state index in [1.807, 2.05) is 13.8 Å². The van der Waals surface area contributed by atoms with E-state index in [0.717, 1.165) is 0 Å². The molecule has 1 aromatic carbocycles. The van der Waals surface area contributed by atoms with E-state index in [2.05, 4.69) is 10.6 Å². The van der Waals surface area contributed by atoms with Gasteiger partial charge in [0.15, 0.2) is 0 Å². The fourth-order valence-corrected chi connectivity index (χ4v) is 4.47. The second-order valence-corrected chi connectivity index (χ2v) is 9.05. The Bertz CT molecular complexity index is 951. The van der Waals surface area contributed by atoms with Gasteiger partial charge in [-0.05, 0) is 36.2 Å². The predicted octanol–water partition coefficient (Wildman–Crippen LogP) is 2.38. The molecule has 0 spiro atoms. The quantitative estimate of drug-likeness (QED) is 0.596. The van der Waals surface area contributed by atoms with E-state index < -0.39 is 22.0 Å². The molecule has 1 aromatic heterocycles. The summed E-state index contributed by atoms with van der Waals surface area (Å²) in [5.74, 6) is -0.431. The predicted molar refractivity (Wildman–Crippen MR) is 113 cm³/mol. The molecular formula is C21H29N3O5S. The molecule has 8 nitrogen and oxygen atoms in total. The number of amides is 2. The molecule has 0 fully saturated rings. The monoisotopic (exact) mass is 435 g/mol. The molecule has 2 rings (SSSR count). The van der Waals surface area contributed by atoms with Crippen molar-refractivity contribution in [2.24, 2.45) is 5.92 Å². The Morgan fingerprint density at radius 3 is 2.37 bits per heavy atom. The van der Waals surface area contributed by atoms with Crippen molar-refractivity contribution in [2.75, 3.05) is 13.1 Å². The van der Waals surface area contributed by atoms with Crippen molar-refractivity contribution in [2.45, 2.75) is 45.2 Å². The van der Waals surface area contributed by atoms with Crippen molar-refractivity contribution >= 4 is 21.8 Å². The SMILES string of the molecule is CCN(CC)S(=O)(=O)c1cccc(C(=O)NC(C(=O)NCc2ccco2)C(C)C)c1. The molecule has 9 heteroatoms. The molecule has 1 heterocycles. The van der Waals surface area contributed by atoms with Crippen molar-refractivity contribution in [3.05, 3.63) is 54.0 Å². The van der Waals surface area contributed by atoms with Crippen LogP contribution < -0.4 is 10.6 Å². The van der Waals surface area contributed by atoms with E-state index in [1.54, 1.807) is 26.0 Å². The van der Waals surface area contributed by atoms with E-state index >= 15 is 0 Å². The normalized spacial score (nSPS) is 12.7. The Morgan fingerprint density at radius 1 is 1.10 bits per heavy atom. The number of furan rings is 1. The lowest BCUT2D eigenvalue weighted by molar-refractivity contribution is -0.124. The highest BCUT2D eigenvalue weighted by molar-refractivity contribution is 7.89. The number of nitrogens with zero attached hydrogens (tertiary/aromatic N) is 1. The summed E-state index contributed by atoms with van der Waals surface area (Å²) in [5.41, 5.74) is 0.174. The molecule has 30 heavy (non-hydrogen) atoms. The third-order valence-electron chi connectivity index (χ3n) is 4.69. The summed E-state index contributed by atoms with van der Waals surface area (Å²) in [6.45, 7) is 8.03. The molecule has 0 aliphatic carbocycles. The highest BCUT2D eigenvalue weighted by Gasteiger charge is 2.26. The molecule has 1 atom stereocenters. The summed E-state index contributed by atoms with van der Waals surface area (Å²) >= 11 is 0. The van der Waals surface area contributed by atoms with Crippen molar-refractivity contribution in [3.8, 4) is 0 Å². The molecule has 0 saturated heterocycles. The Hall–Kier alpha value is -2.65. The van der Waals surface area contributed by atoms with Gasteiger partial charge in [-0.25, -0.2) is 8.42 Å². The minimum Gasteiger partial charge on any atom is -0.467 e. The van der Waals surface area contributed by atoms with Crippen molar-refractivity contribution in [1.29, 1.82) is 0 Å². The molecule has 1 unspecified atom stereocenters. The zero-order valence-corrected chi connectivity index (χ0v) is 18.5. The van der Waals surface area contributed by atoms with Gasteiger partial charge in [0.2, 0.25) is 15.9 Å². The van der Waals surface area contributed by atoms with Gasteiger partial charge in [-0.2, -0.15) is 4.31 Å². The first kappa shape index (κ1) is 23.6. The van der Waals surface area contributed by atoms with Crippen molar-refractivity contribution in [1.82, 2.24) is 14.9 Å². The van der Waals surface area contributed by atoms with Crippen LogP contribution in [0.5, 0.6) is 0 Å². The standard InChI is InChI=1S/C21H29N3O5S/c1-5-24(6-2)30(27,28)18-11-7-9-16(13-18)20(25)23-19(15(3)4)21(26)22-14-17-10-8-12-29-17/h7-13,15,19H,5-6,14H2,1-4H3,(H,22,26)(H,23,25). The van der Waals surface area contributed by atoms with Crippen LogP contribution in [0.25, 0.3) is 0 Å². The number of benzene rings is 1. The maximum absolute atomic E-state index is 12.8. The first-order chi connectivity index (χ1) is 14.2. The van der Waals surface area contributed by atoms with Gasteiger partial charge in [-0.3, -0.25) is 9.59 Å². The fraction of sp³-hybridized carbons (Fsp3) is 0.429. The van der Waals surface area contributed by atoms with Crippen LogP contribution in [-0.4, -0.2) is 43.7 Å². The highest BCUT2D eigenvalue weighted by atomic mass is 32.2. The van der Waals surface area contributed by atoms with Gasteiger partial charge in [0.1, 0.15) is 11.8 Å². The van der Waals surface area contributed by atoms with Gasteiger partial charge >= 0.3 is 0 Å². The lowest BCUT2D eigenvalue weighted by atomic mass is 10.0. The van der Waals surface area contributed by atoms with Crippen LogP contribution in [0.15, 0.2) is 52.0 Å². The lowest BCUT2D eigenvalue weighted by Crippen LogP contribution is -2.49. The largest absolute Gasteiger partial charge is 0.467 e. The number of hydrogen-bond donors (Lipinski definition) is 2. The van der Waals surface area contributed by atoms with Crippen LogP contribution in [0.4, 0.5) is 0 Å². The molecule has 0 saturated carbocycles. The summed E-state index contributed by atoms with van der Waals surface area (Å²) in [6.07, 6.45) is 1.52. The zero-order chi connectivity index (χ0) is 22.3. The first-order valence-electron chi connectivity index (χ1n) is 9.91. The maximum atomic E-state index is 12.8. The van der Waals surface area contributed by atoms with Crippen LogP contribution >= 0.6 is 0 Å². The van der Waals surface area contributed by atoms with Crippen molar-refractivity contribution < 1.29 is 22.4 Å². The minimum absolute atomic E-state index is 0.0437. The minimum atomic E-state index is -3.69. The molecule has 2 amide bonds. The molecule has 0 bridgehead atoms. The van der Waals surface area contributed by atoms with Crippen LogP contribution in [-0.2, 0) is 21.4 Å². The van der Waals surface area contributed by atoms with Gasteiger partial charge in [0.05, 0.1) is 17.7 Å². The summed E-state index contributed by atoms with van der Waals surface area (Å²) in [5, 5.41) is 5.45. The molecule has 0 radical (unpaired) electrons. The second-order valence-electron chi connectivity index (χ2n) is 7.11. The maximum Gasteiger partial charge on any atom is 0.251 e. The summed E-state index contributed by atoms with van der Waals surface area (Å²) in [4.78, 5) is 25.4. The van der Waals surface area contributed by atoms with Crippen LogP contribution in [0.2, 0.25) is 0 Å². The number of carbonyl (C=O) groups is 2. The Kier molecular flexibility index (Phi) is 8.19. The zero-order valence-electron chi connectivity index (χ0n) is 17.7. The average molecular weight is 436 g/mol. The third-order valence-corrected chi connectivity index (χ3v) is 6.74. The van der Waals surface area contributed by atoms with Crippen LogP contribution in [0, 0.1) is 5.92 Å². The third kappa shape index (κ3) is 5.70. The van der Waals surface area contributed by atoms with Crippen LogP contribution in [0.1, 0.15) is 43.8 Å². The number of rotatable bonds is 10. The number of hydrogen-bond acceptors (Lipinski definition) is 5. The smallest absolute Gasteiger partial charge is 0.251 e. The van der Waals surface area contributed by atoms with Gasteiger partial charge in [-0.15, -0.1) is 0 Å². The lowest BCUT2D eigenvalue weighted by Gasteiger charge is -2.22. The molecule has 2 aromatic rings. The summed E-state index contributed by atoms with van der Waals surface area (Å²) in [7, 11) is -3.69. The van der Waals surface area contributed by atoms with Crippen LogP contribution in [0.3, 0.4) is 0 Å². The fourth-order valence-electron chi connectivity index (χ4n) is 2.97. The molecule has 0 aliphatic heterocycles. The number of sulfonamides is 1. The first-order valence-corrected chi connectivity index (χ1v) is 11.4. The topological polar surface area (TPSA) is 109 Å². The number of carbonyl (C=O) groups excluding carboxylic acids is 2. The van der Waals surface area contributed by atoms with E-state index in [1.165, 1.54) is 34.8 Å². The van der Waals surface area contributed by atoms with Gasteiger partial charge in [-0.1, -0.05) is 33.8 Å². The Balaban J connectivity index is 2.15. The molecule has 2 N–H and O–H groups in total. The molecular weight excluding hydrogens is 406 g/mol.